The van der Waals surface area contributed by atoms with Crippen molar-refractivity contribution >= 4 is 20.7 Å². The van der Waals surface area contributed by atoms with E-state index >= 15 is 0 Å². The maximum Gasteiger partial charge on any atom is 0.267 e. The Balaban J connectivity index is 2.16. The number of para-hydroxylation sites is 1. The molecule has 1 atom stereocenters. The highest BCUT2D eigenvalue weighted by Crippen LogP contribution is 2.27. The lowest BCUT2D eigenvalue weighted by Gasteiger charge is -2.19. The molecule has 0 aliphatic carbocycles. The first-order valence-corrected chi connectivity index (χ1v) is 10.5. The van der Waals surface area contributed by atoms with Crippen LogP contribution in [0.3, 0.4) is 0 Å². The van der Waals surface area contributed by atoms with Gasteiger partial charge >= 0.3 is 0 Å². The number of nitrogens with one attached hydrogen (secondary N) is 1. The van der Waals surface area contributed by atoms with Gasteiger partial charge in [0.15, 0.2) is 9.84 Å². The van der Waals surface area contributed by atoms with Gasteiger partial charge in [0.05, 0.1) is 27.5 Å². The van der Waals surface area contributed by atoms with E-state index in [1.54, 1.807) is 18.2 Å². The van der Waals surface area contributed by atoms with Crippen LogP contribution in [0.15, 0.2) is 52.2 Å². The van der Waals surface area contributed by atoms with Crippen molar-refractivity contribution in [2.45, 2.75) is 23.8 Å². The zero-order valence-corrected chi connectivity index (χ0v) is 15.5. The van der Waals surface area contributed by atoms with Crippen molar-refractivity contribution in [3.63, 3.8) is 0 Å². The standard InChI is InChI=1S/C19H18FN3O3S/c1-27(25,26)16-10-4-7-13-17(16)19(24)23(15-9-3-2-6-12(15)20)18(22-13)14-8-5-11-21-14/h2-4,6-7,9-10,14,21H,5,8,11H2,1H3/t14-/m0/s1. The molecule has 8 heteroatoms. The van der Waals surface area contributed by atoms with Crippen molar-refractivity contribution in [3.05, 3.63) is 64.5 Å². The molecule has 0 saturated carbocycles. The van der Waals surface area contributed by atoms with E-state index in [2.05, 4.69) is 10.3 Å². The molecule has 2 heterocycles. The number of aromatic nitrogens is 2. The summed E-state index contributed by atoms with van der Waals surface area (Å²) in [4.78, 5) is 17.9. The molecular weight excluding hydrogens is 369 g/mol. The normalized spacial score (nSPS) is 17.5. The summed E-state index contributed by atoms with van der Waals surface area (Å²) >= 11 is 0. The molecule has 1 aliphatic rings. The summed E-state index contributed by atoms with van der Waals surface area (Å²) in [6.07, 6.45) is 2.72. The van der Waals surface area contributed by atoms with Crippen LogP contribution in [-0.4, -0.2) is 30.8 Å². The van der Waals surface area contributed by atoms with Crippen LogP contribution in [0.5, 0.6) is 0 Å². The van der Waals surface area contributed by atoms with Crippen LogP contribution in [0.2, 0.25) is 0 Å². The first-order chi connectivity index (χ1) is 12.9. The summed E-state index contributed by atoms with van der Waals surface area (Å²) in [6, 6.07) is 10.3. The Bertz CT molecular complexity index is 1200. The smallest absolute Gasteiger partial charge is 0.267 e. The van der Waals surface area contributed by atoms with Crippen molar-refractivity contribution in [1.82, 2.24) is 14.9 Å². The first kappa shape index (κ1) is 17.8. The Morgan fingerprint density at radius 1 is 1.19 bits per heavy atom. The van der Waals surface area contributed by atoms with Gasteiger partial charge in [0.2, 0.25) is 0 Å². The molecule has 0 amide bonds. The van der Waals surface area contributed by atoms with Gasteiger partial charge in [0.25, 0.3) is 5.56 Å². The second kappa shape index (κ2) is 6.54. The first-order valence-electron chi connectivity index (χ1n) is 8.62. The molecule has 1 fully saturated rings. The molecule has 1 N–H and O–H groups in total. The van der Waals surface area contributed by atoms with Crippen LogP contribution in [0.4, 0.5) is 4.39 Å². The van der Waals surface area contributed by atoms with Gasteiger partial charge in [-0.05, 0) is 43.7 Å². The minimum Gasteiger partial charge on any atom is -0.307 e. The number of hydrogen-bond donors (Lipinski definition) is 1. The summed E-state index contributed by atoms with van der Waals surface area (Å²) < 4.78 is 40.1. The minimum absolute atomic E-state index is 0.0231. The number of fused-ring (bicyclic) bond motifs is 1. The second-order valence-corrected chi connectivity index (χ2v) is 8.62. The van der Waals surface area contributed by atoms with Crippen molar-refractivity contribution in [1.29, 1.82) is 0 Å². The SMILES string of the molecule is CS(=O)(=O)c1cccc2nc([C@@H]3CCCN3)n(-c3ccccc3F)c(=O)c12. The predicted octanol–water partition coefficient (Wildman–Crippen LogP) is 2.35. The molecule has 0 radical (unpaired) electrons. The average Bonchev–Trinajstić information content (AvgIpc) is 3.16. The minimum atomic E-state index is -3.66. The van der Waals surface area contributed by atoms with Crippen molar-refractivity contribution in [3.8, 4) is 5.69 Å². The van der Waals surface area contributed by atoms with Crippen LogP contribution in [-0.2, 0) is 9.84 Å². The van der Waals surface area contributed by atoms with Crippen LogP contribution >= 0.6 is 0 Å². The van der Waals surface area contributed by atoms with Gasteiger partial charge in [0.1, 0.15) is 11.6 Å². The van der Waals surface area contributed by atoms with Gasteiger partial charge in [-0.25, -0.2) is 17.8 Å². The largest absolute Gasteiger partial charge is 0.307 e. The monoisotopic (exact) mass is 387 g/mol. The molecule has 0 spiro atoms. The predicted molar refractivity (Wildman–Crippen MR) is 100 cm³/mol. The number of benzene rings is 2. The van der Waals surface area contributed by atoms with E-state index < -0.39 is 21.2 Å². The number of nitrogens with zero attached hydrogens (tertiary/aromatic N) is 2. The van der Waals surface area contributed by atoms with E-state index in [-0.39, 0.29) is 22.0 Å². The molecule has 0 bridgehead atoms. The molecule has 0 unspecified atom stereocenters. The summed E-state index contributed by atoms with van der Waals surface area (Å²) in [5.74, 6) is -0.183. The molecule has 1 saturated heterocycles. The van der Waals surface area contributed by atoms with E-state index in [1.165, 1.54) is 28.8 Å². The average molecular weight is 387 g/mol. The molecule has 3 aromatic rings. The zero-order valence-electron chi connectivity index (χ0n) is 14.6. The molecular formula is C19H18FN3O3S. The van der Waals surface area contributed by atoms with E-state index in [0.29, 0.717) is 11.3 Å². The highest BCUT2D eigenvalue weighted by atomic mass is 32.2. The third-order valence-electron chi connectivity index (χ3n) is 4.75. The van der Waals surface area contributed by atoms with Crippen molar-refractivity contribution < 1.29 is 12.8 Å². The van der Waals surface area contributed by atoms with Crippen LogP contribution in [0.1, 0.15) is 24.7 Å². The van der Waals surface area contributed by atoms with E-state index in [0.717, 1.165) is 25.6 Å². The Labute approximate surface area is 155 Å². The lowest BCUT2D eigenvalue weighted by Crippen LogP contribution is -2.30. The lowest BCUT2D eigenvalue weighted by molar-refractivity contribution is 0.566. The Morgan fingerprint density at radius 3 is 2.63 bits per heavy atom. The van der Waals surface area contributed by atoms with E-state index in [4.69, 9.17) is 0 Å². The van der Waals surface area contributed by atoms with Gasteiger partial charge in [-0.3, -0.25) is 9.36 Å². The van der Waals surface area contributed by atoms with E-state index in [1.807, 2.05) is 0 Å². The van der Waals surface area contributed by atoms with Gasteiger partial charge in [-0.1, -0.05) is 18.2 Å². The van der Waals surface area contributed by atoms with Gasteiger partial charge < -0.3 is 5.32 Å². The molecule has 140 valence electrons. The van der Waals surface area contributed by atoms with Crippen LogP contribution in [0, 0.1) is 5.82 Å². The Kier molecular flexibility index (Phi) is 4.32. The number of sulfone groups is 1. The van der Waals surface area contributed by atoms with Crippen LogP contribution in [0.25, 0.3) is 16.6 Å². The van der Waals surface area contributed by atoms with Gasteiger partial charge in [-0.2, -0.15) is 0 Å². The molecule has 2 aromatic carbocycles. The number of halogens is 1. The highest BCUT2D eigenvalue weighted by Gasteiger charge is 2.26. The lowest BCUT2D eigenvalue weighted by atomic mass is 10.1. The Hall–Kier alpha value is -2.58. The maximum absolute atomic E-state index is 14.5. The number of rotatable bonds is 3. The molecule has 1 aliphatic heterocycles. The summed E-state index contributed by atoms with van der Waals surface area (Å²) in [7, 11) is -3.66. The van der Waals surface area contributed by atoms with E-state index in [9.17, 15) is 17.6 Å². The third kappa shape index (κ3) is 3.04. The highest BCUT2D eigenvalue weighted by molar-refractivity contribution is 7.91. The topological polar surface area (TPSA) is 81.1 Å². The molecule has 4 rings (SSSR count). The Morgan fingerprint density at radius 2 is 1.96 bits per heavy atom. The molecule has 27 heavy (non-hydrogen) atoms. The van der Waals surface area contributed by atoms with Crippen LogP contribution < -0.4 is 10.9 Å². The summed E-state index contributed by atoms with van der Waals surface area (Å²) in [5.41, 5.74) is -0.238. The fraction of sp³-hybridized carbons (Fsp3) is 0.263. The third-order valence-corrected chi connectivity index (χ3v) is 5.89. The van der Waals surface area contributed by atoms with Gasteiger partial charge in [0, 0.05) is 6.26 Å². The fourth-order valence-electron chi connectivity index (χ4n) is 3.53. The zero-order chi connectivity index (χ0) is 19.2. The summed E-state index contributed by atoms with van der Waals surface area (Å²) in [5, 5.41) is 3.25. The molecule has 1 aromatic heterocycles. The summed E-state index contributed by atoms with van der Waals surface area (Å²) in [6.45, 7) is 0.777. The van der Waals surface area contributed by atoms with Crippen molar-refractivity contribution in [2.75, 3.05) is 12.8 Å². The van der Waals surface area contributed by atoms with Gasteiger partial charge in [-0.15, -0.1) is 0 Å². The number of hydrogen-bond acceptors (Lipinski definition) is 5. The molecule has 6 nitrogen and oxygen atoms in total. The maximum atomic E-state index is 14.5. The quantitative estimate of drug-likeness (QED) is 0.746. The fourth-order valence-corrected chi connectivity index (χ4v) is 4.42. The second-order valence-electron chi connectivity index (χ2n) is 6.63. The van der Waals surface area contributed by atoms with Crippen molar-refractivity contribution in [2.24, 2.45) is 0 Å².